The van der Waals surface area contributed by atoms with Gasteiger partial charge in [0.1, 0.15) is 11.2 Å². The van der Waals surface area contributed by atoms with Crippen LogP contribution < -0.4 is 5.32 Å². The second-order valence-electron chi connectivity index (χ2n) is 7.39. The van der Waals surface area contributed by atoms with Crippen LogP contribution in [0.25, 0.3) is 11.1 Å². The minimum absolute atomic E-state index is 0.00898. The summed E-state index contributed by atoms with van der Waals surface area (Å²) in [5, 5.41) is 2.89. The van der Waals surface area contributed by atoms with E-state index in [-0.39, 0.29) is 17.6 Å². The molecule has 4 rings (SSSR count). The Labute approximate surface area is 158 Å². The molecule has 1 aliphatic heterocycles. The molecule has 0 aromatic carbocycles. The molecule has 27 heavy (non-hydrogen) atoms. The molecule has 0 atom stereocenters. The number of pyridine rings is 1. The lowest BCUT2D eigenvalue weighted by atomic mass is 9.85. The summed E-state index contributed by atoms with van der Waals surface area (Å²) in [5.41, 5.74) is 1.23. The summed E-state index contributed by atoms with van der Waals surface area (Å²) in [6.07, 6.45) is 8.01. The van der Waals surface area contributed by atoms with Gasteiger partial charge >= 0.3 is 5.97 Å². The van der Waals surface area contributed by atoms with Crippen molar-refractivity contribution in [3.63, 3.8) is 0 Å². The van der Waals surface area contributed by atoms with Crippen molar-refractivity contribution >= 4 is 28.7 Å². The molecule has 1 N–H and O–H groups in total. The van der Waals surface area contributed by atoms with E-state index in [1.807, 2.05) is 0 Å². The molecule has 2 aromatic rings. The molecule has 3 heterocycles. The van der Waals surface area contributed by atoms with Crippen LogP contribution in [0.5, 0.6) is 0 Å². The zero-order valence-electron chi connectivity index (χ0n) is 15.6. The molecular formula is C20H25N3O4. The Kier molecular flexibility index (Phi) is 5.11. The fraction of sp³-hybridized carbons (Fsp3) is 0.550. The SMILES string of the molecule is COC(=O)c1oc2cccnc2c1NC(=O)[C@H]1CC[C@H](N2CCCC2)CC1. The third-order valence-corrected chi connectivity index (χ3v) is 5.79. The van der Waals surface area contributed by atoms with Gasteiger partial charge in [0.05, 0.1) is 7.11 Å². The Hall–Kier alpha value is -2.41. The van der Waals surface area contributed by atoms with Crippen molar-refractivity contribution < 1.29 is 18.7 Å². The highest BCUT2D eigenvalue weighted by Crippen LogP contribution is 2.33. The zero-order valence-corrected chi connectivity index (χ0v) is 15.6. The summed E-state index contributed by atoms with van der Waals surface area (Å²) in [7, 11) is 1.29. The molecule has 0 radical (unpaired) electrons. The van der Waals surface area contributed by atoms with Gasteiger partial charge in [0.2, 0.25) is 11.7 Å². The predicted molar refractivity (Wildman–Crippen MR) is 101 cm³/mol. The minimum Gasteiger partial charge on any atom is -0.463 e. The molecule has 7 heteroatoms. The van der Waals surface area contributed by atoms with Crippen molar-refractivity contribution in [1.29, 1.82) is 0 Å². The molecule has 2 aliphatic rings. The van der Waals surface area contributed by atoms with Crippen molar-refractivity contribution in [2.24, 2.45) is 5.92 Å². The van der Waals surface area contributed by atoms with E-state index in [9.17, 15) is 9.59 Å². The second-order valence-corrected chi connectivity index (χ2v) is 7.39. The van der Waals surface area contributed by atoms with Crippen molar-refractivity contribution in [3.8, 4) is 0 Å². The van der Waals surface area contributed by atoms with Gasteiger partial charge in [-0.25, -0.2) is 4.79 Å². The van der Waals surface area contributed by atoms with Crippen LogP contribution in [0.15, 0.2) is 22.7 Å². The van der Waals surface area contributed by atoms with Gasteiger partial charge in [0, 0.05) is 18.2 Å². The monoisotopic (exact) mass is 371 g/mol. The van der Waals surface area contributed by atoms with Gasteiger partial charge in [0.15, 0.2) is 5.58 Å². The van der Waals surface area contributed by atoms with Crippen LogP contribution in [0.2, 0.25) is 0 Å². The first-order valence-corrected chi connectivity index (χ1v) is 9.68. The van der Waals surface area contributed by atoms with Gasteiger partial charge in [-0.2, -0.15) is 0 Å². The van der Waals surface area contributed by atoms with Crippen LogP contribution in [0.3, 0.4) is 0 Å². The number of amides is 1. The Morgan fingerprint density at radius 1 is 1.22 bits per heavy atom. The Balaban J connectivity index is 1.47. The molecule has 2 fully saturated rings. The Morgan fingerprint density at radius 2 is 1.96 bits per heavy atom. The molecule has 7 nitrogen and oxygen atoms in total. The number of furan rings is 1. The topological polar surface area (TPSA) is 84.7 Å². The number of rotatable bonds is 4. The van der Waals surface area contributed by atoms with Gasteiger partial charge in [-0.1, -0.05) is 0 Å². The van der Waals surface area contributed by atoms with Crippen LogP contribution >= 0.6 is 0 Å². The molecule has 0 bridgehead atoms. The number of likely N-dealkylation sites (tertiary alicyclic amines) is 1. The van der Waals surface area contributed by atoms with Crippen LogP contribution in [-0.4, -0.2) is 48.0 Å². The van der Waals surface area contributed by atoms with E-state index >= 15 is 0 Å². The fourth-order valence-electron chi connectivity index (χ4n) is 4.32. The first kappa shape index (κ1) is 18.0. The maximum absolute atomic E-state index is 12.9. The summed E-state index contributed by atoms with van der Waals surface area (Å²) < 4.78 is 10.4. The van der Waals surface area contributed by atoms with Gasteiger partial charge in [-0.05, 0) is 63.7 Å². The lowest BCUT2D eigenvalue weighted by molar-refractivity contribution is -0.121. The number of hydrogen-bond acceptors (Lipinski definition) is 6. The molecule has 1 aliphatic carbocycles. The van der Waals surface area contributed by atoms with Crippen molar-refractivity contribution in [2.75, 3.05) is 25.5 Å². The van der Waals surface area contributed by atoms with E-state index in [0.29, 0.717) is 22.8 Å². The number of nitrogens with zero attached hydrogens (tertiary/aromatic N) is 2. The van der Waals surface area contributed by atoms with E-state index < -0.39 is 5.97 Å². The van der Waals surface area contributed by atoms with Gasteiger partial charge in [0.25, 0.3) is 0 Å². The van der Waals surface area contributed by atoms with Crippen molar-refractivity contribution in [1.82, 2.24) is 9.88 Å². The number of carbonyl (C=O) groups excluding carboxylic acids is 2. The molecule has 1 saturated heterocycles. The summed E-state index contributed by atoms with van der Waals surface area (Å²) in [6.45, 7) is 2.38. The van der Waals surface area contributed by atoms with Crippen LogP contribution in [0.4, 0.5) is 5.69 Å². The smallest absolute Gasteiger partial charge is 0.376 e. The lowest BCUT2D eigenvalue weighted by Gasteiger charge is -2.33. The lowest BCUT2D eigenvalue weighted by Crippen LogP contribution is -2.38. The highest BCUT2D eigenvalue weighted by atomic mass is 16.5. The van der Waals surface area contributed by atoms with Gasteiger partial charge < -0.3 is 19.4 Å². The predicted octanol–water partition coefficient (Wildman–Crippen LogP) is 3.21. The highest BCUT2D eigenvalue weighted by molar-refractivity contribution is 6.08. The standard InChI is InChI=1S/C20H25N3O4/c1-26-20(25)18-17(16-15(27-18)5-4-10-21-16)22-19(24)13-6-8-14(9-7-13)23-11-2-3-12-23/h4-5,10,13-14H,2-3,6-9,11-12H2,1H3,(H,22,24)/t13-,14-. The quantitative estimate of drug-likeness (QED) is 0.831. The van der Waals surface area contributed by atoms with E-state index in [4.69, 9.17) is 9.15 Å². The summed E-state index contributed by atoms with van der Waals surface area (Å²) in [4.78, 5) is 31.7. The van der Waals surface area contributed by atoms with E-state index in [2.05, 4.69) is 15.2 Å². The highest BCUT2D eigenvalue weighted by Gasteiger charge is 2.32. The third-order valence-electron chi connectivity index (χ3n) is 5.79. The molecule has 1 amide bonds. The van der Waals surface area contributed by atoms with Crippen molar-refractivity contribution in [2.45, 2.75) is 44.6 Å². The number of hydrogen-bond donors (Lipinski definition) is 1. The molecule has 144 valence electrons. The fourth-order valence-corrected chi connectivity index (χ4v) is 4.32. The van der Waals surface area contributed by atoms with Crippen LogP contribution in [0.1, 0.15) is 49.1 Å². The van der Waals surface area contributed by atoms with Gasteiger partial charge in [-0.3, -0.25) is 9.78 Å². The maximum Gasteiger partial charge on any atom is 0.376 e. The van der Waals surface area contributed by atoms with Crippen LogP contribution in [0, 0.1) is 5.92 Å². The van der Waals surface area contributed by atoms with Gasteiger partial charge in [-0.15, -0.1) is 0 Å². The zero-order chi connectivity index (χ0) is 18.8. The summed E-state index contributed by atoms with van der Waals surface area (Å²) in [6, 6.07) is 4.04. The third kappa shape index (κ3) is 3.56. The van der Waals surface area contributed by atoms with E-state index in [1.165, 1.54) is 33.0 Å². The number of ether oxygens (including phenoxy) is 1. The number of aromatic nitrogens is 1. The van der Waals surface area contributed by atoms with Crippen LogP contribution in [-0.2, 0) is 9.53 Å². The maximum atomic E-state index is 12.9. The summed E-state index contributed by atoms with van der Waals surface area (Å²) in [5.74, 6) is -0.761. The number of nitrogens with one attached hydrogen (secondary N) is 1. The number of anilines is 1. The Bertz CT molecular complexity index is 833. The molecular weight excluding hydrogens is 346 g/mol. The first-order chi connectivity index (χ1) is 13.2. The Morgan fingerprint density at radius 3 is 2.67 bits per heavy atom. The number of fused-ring (bicyclic) bond motifs is 1. The van der Waals surface area contributed by atoms with E-state index in [0.717, 1.165) is 25.7 Å². The number of methoxy groups -OCH3 is 1. The molecule has 0 spiro atoms. The molecule has 2 aromatic heterocycles. The largest absolute Gasteiger partial charge is 0.463 e. The molecule has 0 unspecified atom stereocenters. The first-order valence-electron chi connectivity index (χ1n) is 9.68. The minimum atomic E-state index is -0.624. The number of esters is 1. The summed E-state index contributed by atoms with van der Waals surface area (Å²) >= 11 is 0. The average molecular weight is 371 g/mol. The van der Waals surface area contributed by atoms with Crippen molar-refractivity contribution in [3.05, 3.63) is 24.1 Å². The normalized spacial score (nSPS) is 23.4. The average Bonchev–Trinajstić information content (AvgIpc) is 3.36. The van der Waals surface area contributed by atoms with E-state index in [1.54, 1.807) is 18.3 Å². The number of carbonyl (C=O) groups is 2. The second kappa shape index (κ2) is 7.68. The molecule has 1 saturated carbocycles.